The van der Waals surface area contributed by atoms with Crippen molar-refractivity contribution < 1.29 is 14.8 Å². The number of nitro groups is 1. The standard InChI is InChI=1S/C12H20N4O4/c1-12(17,4-5-20-3)8-14-11-7-9(16(18)19)6-10(13-2)15-11/h6-7,17H,4-5,8H2,1-3H3,(H2,13,14,15). The Balaban J connectivity index is 2.76. The van der Waals surface area contributed by atoms with E-state index in [1.807, 2.05) is 0 Å². The van der Waals surface area contributed by atoms with Gasteiger partial charge in [0.25, 0.3) is 5.69 Å². The molecule has 1 unspecified atom stereocenters. The van der Waals surface area contributed by atoms with Crippen LogP contribution in [0.2, 0.25) is 0 Å². The molecular weight excluding hydrogens is 264 g/mol. The smallest absolute Gasteiger partial charge is 0.276 e. The molecule has 0 spiro atoms. The number of hydrogen-bond donors (Lipinski definition) is 3. The van der Waals surface area contributed by atoms with Crippen molar-refractivity contribution in [3.63, 3.8) is 0 Å². The Kier molecular flexibility index (Phi) is 5.66. The molecule has 0 aliphatic heterocycles. The van der Waals surface area contributed by atoms with Gasteiger partial charge in [-0.2, -0.15) is 0 Å². The molecule has 112 valence electrons. The van der Waals surface area contributed by atoms with Gasteiger partial charge >= 0.3 is 0 Å². The first-order valence-corrected chi connectivity index (χ1v) is 6.17. The Morgan fingerprint density at radius 1 is 1.50 bits per heavy atom. The van der Waals surface area contributed by atoms with Gasteiger partial charge in [-0.1, -0.05) is 0 Å². The Morgan fingerprint density at radius 2 is 2.15 bits per heavy atom. The number of methoxy groups -OCH3 is 1. The van der Waals surface area contributed by atoms with Crippen LogP contribution in [-0.4, -0.2) is 47.9 Å². The summed E-state index contributed by atoms with van der Waals surface area (Å²) in [6.07, 6.45) is 0.449. The summed E-state index contributed by atoms with van der Waals surface area (Å²) in [5.41, 5.74) is -1.05. The van der Waals surface area contributed by atoms with E-state index in [2.05, 4.69) is 15.6 Å². The molecule has 20 heavy (non-hydrogen) atoms. The zero-order chi connectivity index (χ0) is 15.2. The highest BCUT2D eigenvalue weighted by Crippen LogP contribution is 2.21. The molecule has 0 amide bonds. The van der Waals surface area contributed by atoms with Gasteiger partial charge in [0.15, 0.2) is 0 Å². The zero-order valence-electron chi connectivity index (χ0n) is 11.8. The van der Waals surface area contributed by atoms with Crippen molar-refractivity contribution in [2.75, 3.05) is 37.9 Å². The minimum atomic E-state index is -0.984. The van der Waals surface area contributed by atoms with Crippen molar-refractivity contribution in [3.8, 4) is 0 Å². The van der Waals surface area contributed by atoms with E-state index in [1.54, 1.807) is 21.1 Å². The monoisotopic (exact) mass is 284 g/mol. The SMILES string of the molecule is CNc1cc([N+](=O)[O-])cc(NCC(C)(O)CCOC)n1. The van der Waals surface area contributed by atoms with Gasteiger partial charge in [0, 0.05) is 33.7 Å². The molecule has 1 heterocycles. The van der Waals surface area contributed by atoms with E-state index in [9.17, 15) is 15.2 Å². The summed E-state index contributed by atoms with van der Waals surface area (Å²) in [7, 11) is 3.19. The quantitative estimate of drug-likeness (QED) is 0.486. The first-order valence-electron chi connectivity index (χ1n) is 6.17. The van der Waals surface area contributed by atoms with Crippen LogP contribution in [0.25, 0.3) is 0 Å². The second-order valence-corrected chi connectivity index (χ2v) is 4.70. The third-order valence-electron chi connectivity index (χ3n) is 2.77. The van der Waals surface area contributed by atoms with E-state index in [1.165, 1.54) is 12.1 Å². The fraction of sp³-hybridized carbons (Fsp3) is 0.583. The second-order valence-electron chi connectivity index (χ2n) is 4.70. The molecular formula is C12H20N4O4. The van der Waals surface area contributed by atoms with Gasteiger partial charge in [-0.15, -0.1) is 0 Å². The Hall–Kier alpha value is -1.93. The minimum absolute atomic E-state index is 0.0663. The van der Waals surface area contributed by atoms with Crippen molar-refractivity contribution in [3.05, 3.63) is 22.2 Å². The zero-order valence-corrected chi connectivity index (χ0v) is 11.8. The number of nitrogens with zero attached hydrogens (tertiary/aromatic N) is 2. The van der Waals surface area contributed by atoms with Crippen LogP contribution in [0.4, 0.5) is 17.3 Å². The number of nitrogens with one attached hydrogen (secondary N) is 2. The Bertz CT molecular complexity index is 465. The van der Waals surface area contributed by atoms with E-state index in [0.29, 0.717) is 24.7 Å². The van der Waals surface area contributed by atoms with Gasteiger partial charge < -0.3 is 20.5 Å². The van der Waals surface area contributed by atoms with Crippen LogP contribution in [0.3, 0.4) is 0 Å². The first kappa shape index (κ1) is 16.1. The fourth-order valence-electron chi connectivity index (χ4n) is 1.53. The maximum Gasteiger partial charge on any atom is 0.276 e. The van der Waals surface area contributed by atoms with Crippen molar-refractivity contribution >= 4 is 17.3 Å². The highest BCUT2D eigenvalue weighted by molar-refractivity contribution is 5.54. The summed E-state index contributed by atoms with van der Waals surface area (Å²) in [6, 6.07) is 2.67. The number of aromatic nitrogens is 1. The molecule has 0 aliphatic carbocycles. The molecule has 0 aliphatic rings. The highest BCUT2D eigenvalue weighted by atomic mass is 16.6. The van der Waals surface area contributed by atoms with Gasteiger partial charge in [-0.3, -0.25) is 10.1 Å². The summed E-state index contributed by atoms with van der Waals surface area (Å²) in [5, 5.41) is 26.6. The van der Waals surface area contributed by atoms with Gasteiger partial charge in [-0.05, 0) is 6.92 Å². The number of rotatable bonds is 8. The normalized spacial score (nSPS) is 13.6. The summed E-state index contributed by atoms with van der Waals surface area (Å²) in [6.45, 7) is 2.31. The summed E-state index contributed by atoms with van der Waals surface area (Å²) >= 11 is 0. The average molecular weight is 284 g/mol. The van der Waals surface area contributed by atoms with Crippen LogP contribution in [0.5, 0.6) is 0 Å². The molecule has 0 saturated heterocycles. The Labute approximate surface area is 117 Å². The maximum atomic E-state index is 10.8. The molecule has 3 N–H and O–H groups in total. The number of anilines is 2. The van der Waals surface area contributed by atoms with Gasteiger partial charge in [0.1, 0.15) is 11.6 Å². The van der Waals surface area contributed by atoms with E-state index in [0.717, 1.165) is 0 Å². The lowest BCUT2D eigenvalue weighted by atomic mass is 10.0. The van der Waals surface area contributed by atoms with Crippen LogP contribution < -0.4 is 10.6 Å². The van der Waals surface area contributed by atoms with E-state index < -0.39 is 10.5 Å². The molecule has 1 aromatic rings. The van der Waals surface area contributed by atoms with Crippen molar-refractivity contribution in [2.24, 2.45) is 0 Å². The van der Waals surface area contributed by atoms with Crippen LogP contribution in [-0.2, 0) is 4.74 Å². The van der Waals surface area contributed by atoms with E-state index in [-0.39, 0.29) is 12.2 Å². The number of pyridine rings is 1. The summed E-state index contributed by atoms with van der Waals surface area (Å²) < 4.78 is 4.91. The van der Waals surface area contributed by atoms with Crippen molar-refractivity contribution in [1.82, 2.24) is 4.98 Å². The molecule has 1 rings (SSSR count). The fourth-order valence-corrected chi connectivity index (χ4v) is 1.53. The molecule has 0 radical (unpaired) electrons. The predicted molar refractivity (Wildman–Crippen MR) is 76.0 cm³/mol. The molecule has 1 aromatic heterocycles. The maximum absolute atomic E-state index is 10.8. The topological polar surface area (TPSA) is 110 Å². The van der Waals surface area contributed by atoms with Crippen LogP contribution in [0.1, 0.15) is 13.3 Å². The lowest BCUT2D eigenvalue weighted by Gasteiger charge is -2.23. The largest absolute Gasteiger partial charge is 0.388 e. The summed E-state index contributed by atoms with van der Waals surface area (Å²) in [5.74, 6) is 0.722. The predicted octanol–water partition coefficient (Wildman–Crippen LogP) is 1.23. The number of hydrogen-bond acceptors (Lipinski definition) is 7. The van der Waals surface area contributed by atoms with Gasteiger partial charge in [0.05, 0.1) is 22.7 Å². The van der Waals surface area contributed by atoms with E-state index >= 15 is 0 Å². The lowest BCUT2D eigenvalue weighted by Crippen LogP contribution is -2.34. The average Bonchev–Trinajstić information content (AvgIpc) is 2.42. The van der Waals surface area contributed by atoms with Crippen LogP contribution in [0.15, 0.2) is 12.1 Å². The third kappa shape index (κ3) is 4.98. The van der Waals surface area contributed by atoms with Crippen molar-refractivity contribution in [2.45, 2.75) is 18.9 Å². The van der Waals surface area contributed by atoms with Crippen LogP contribution in [0, 0.1) is 10.1 Å². The second kappa shape index (κ2) is 7.01. The van der Waals surface area contributed by atoms with Gasteiger partial charge in [0.2, 0.25) is 0 Å². The van der Waals surface area contributed by atoms with Crippen LogP contribution >= 0.6 is 0 Å². The van der Waals surface area contributed by atoms with Gasteiger partial charge in [-0.25, -0.2) is 4.98 Å². The molecule has 8 nitrogen and oxygen atoms in total. The molecule has 0 saturated carbocycles. The third-order valence-corrected chi connectivity index (χ3v) is 2.77. The lowest BCUT2D eigenvalue weighted by molar-refractivity contribution is -0.384. The Morgan fingerprint density at radius 3 is 2.70 bits per heavy atom. The first-order chi connectivity index (χ1) is 9.38. The highest BCUT2D eigenvalue weighted by Gasteiger charge is 2.20. The van der Waals surface area contributed by atoms with Crippen molar-refractivity contribution in [1.29, 1.82) is 0 Å². The molecule has 0 fully saturated rings. The minimum Gasteiger partial charge on any atom is -0.388 e. The number of ether oxygens (including phenoxy) is 1. The number of aliphatic hydroxyl groups is 1. The molecule has 1 atom stereocenters. The molecule has 0 aromatic carbocycles. The molecule has 0 bridgehead atoms. The van der Waals surface area contributed by atoms with E-state index in [4.69, 9.17) is 4.74 Å². The molecule has 8 heteroatoms. The summed E-state index contributed by atoms with van der Waals surface area (Å²) in [4.78, 5) is 14.5.